The number of carbonyl (C=O) groups is 1. The first-order valence-electron chi connectivity index (χ1n) is 8.86. The number of fused-ring (bicyclic) bond motifs is 1. The summed E-state index contributed by atoms with van der Waals surface area (Å²) < 4.78 is 2.38. The van der Waals surface area contributed by atoms with Crippen LogP contribution in [0.2, 0.25) is 0 Å². The average Bonchev–Trinajstić information content (AvgIpc) is 2.64. The summed E-state index contributed by atoms with van der Waals surface area (Å²) >= 11 is 0. The Morgan fingerprint density at radius 2 is 1.79 bits per heavy atom. The van der Waals surface area contributed by atoms with E-state index in [4.69, 9.17) is 0 Å². The average molecular weight is 432 g/mol. The lowest BCUT2D eigenvalue weighted by Crippen LogP contribution is -2.41. The van der Waals surface area contributed by atoms with Crippen LogP contribution in [0.5, 0.6) is 0 Å². The van der Waals surface area contributed by atoms with Gasteiger partial charge in [0.05, 0.1) is 5.39 Å². The van der Waals surface area contributed by atoms with Crippen molar-refractivity contribution in [3.05, 3.63) is 38.2 Å². The van der Waals surface area contributed by atoms with E-state index in [1.807, 2.05) is 7.05 Å². The Morgan fingerprint density at radius 1 is 1.18 bits per heavy atom. The summed E-state index contributed by atoms with van der Waals surface area (Å²) in [6, 6.07) is 1.65. The monoisotopic (exact) mass is 431 g/mol. The molecule has 1 aliphatic heterocycles. The second-order valence-electron chi connectivity index (χ2n) is 7.02. The Balaban J connectivity index is 0.00000196. The third-order valence-electron chi connectivity index (χ3n) is 5.22. The van der Waals surface area contributed by atoms with Gasteiger partial charge in [-0.1, -0.05) is 0 Å². The van der Waals surface area contributed by atoms with Gasteiger partial charge in [-0.05, 0) is 50.9 Å². The van der Waals surface area contributed by atoms with Crippen molar-refractivity contribution in [2.24, 2.45) is 20.0 Å². The quantitative estimate of drug-likeness (QED) is 0.777. The fraction of sp³-hybridized carbons (Fsp3) is 0.556. The molecule has 3 heterocycles. The highest BCUT2D eigenvalue weighted by Gasteiger charge is 2.25. The van der Waals surface area contributed by atoms with Gasteiger partial charge >= 0.3 is 5.69 Å². The van der Waals surface area contributed by atoms with E-state index < -0.39 is 5.69 Å². The second-order valence-corrected chi connectivity index (χ2v) is 7.02. The van der Waals surface area contributed by atoms with Crippen molar-refractivity contribution in [1.29, 1.82) is 0 Å². The Hall–Kier alpha value is -1.90. The molecule has 28 heavy (non-hydrogen) atoms. The van der Waals surface area contributed by atoms with Crippen LogP contribution in [0.15, 0.2) is 15.7 Å². The summed E-state index contributed by atoms with van der Waals surface area (Å²) in [6.07, 6.45) is 1.91. The van der Waals surface area contributed by atoms with Gasteiger partial charge in [0.25, 0.3) is 11.5 Å². The van der Waals surface area contributed by atoms with Crippen LogP contribution in [-0.2, 0) is 14.1 Å². The van der Waals surface area contributed by atoms with E-state index in [1.54, 1.807) is 24.9 Å². The Morgan fingerprint density at radius 3 is 2.36 bits per heavy atom. The van der Waals surface area contributed by atoms with Crippen molar-refractivity contribution in [3.63, 3.8) is 0 Å². The molecule has 0 unspecified atom stereocenters. The van der Waals surface area contributed by atoms with Crippen LogP contribution in [0.25, 0.3) is 11.0 Å². The molecule has 0 aromatic carbocycles. The lowest BCUT2D eigenvalue weighted by molar-refractivity contribution is 0.0685. The van der Waals surface area contributed by atoms with Gasteiger partial charge in [-0.15, -0.1) is 24.8 Å². The number of piperidine rings is 1. The molecule has 156 valence electrons. The molecule has 0 aliphatic carbocycles. The van der Waals surface area contributed by atoms with Crippen molar-refractivity contribution in [2.75, 3.05) is 26.7 Å². The minimum absolute atomic E-state index is 0. The molecule has 0 saturated carbocycles. The fourth-order valence-electron chi connectivity index (χ4n) is 3.63. The van der Waals surface area contributed by atoms with Gasteiger partial charge in [-0.25, -0.2) is 9.78 Å². The number of carbonyl (C=O) groups excluding carboxylic acids is 1. The van der Waals surface area contributed by atoms with E-state index in [1.165, 1.54) is 11.6 Å². The van der Waals surface area contributed by atoms with Gasteiger partial charge in [0.1, 0.15) is 11.3 Å². The van der Waals surface area contributed by atoms with Gasteiger partial charge in [-0.2, -0.15) is 0 Å². The topological polar surface area (TPSA) is 89.2 Å². The van der Waals surface area contributed by atoms with Crippen molar-refractivity contribution < 1.29 is 4.79 Å². The number of halogens is 2. The van der Waals surface area contributed by atoms with E-state index in [2.05, 4.69) is 10.3 Å². The van der Waals surface area contributed by atoms with E-state index in [0.29, 0.717) is 30.0 Å². The third kappa shape index (κ3) is 4.24. The molecule has 1 N–H and O–H groups in total. The summed E-state index contributed by atoms with van der Waals surface area (Å²) in [4.78, 5) is 43.7. The maximum absolute atomic E-state index is 12.9. The van der Waals surface area contributed by atoms with Crippen LogP contribution in [-0.4, -0.2) is 51.6 Å². The number of rotatable bonds is 3. The molecule has 0 spiro atoms. The predicted octanol–water partition coefficient (Wildman–Crippen LogP) is 0.856. The summed E-state index contributed by atoms with van der Waals surface area (Å²) in [5, 5.41) is 3.56. The number of hydrogen-bond donors (Lipinski definition) is 1. The third-order valence-corrected chi connectivity index (χ3v) is 5.22. The number of nitrogens with zero attached hydrogens (tertiary/aromatic N) is 4. The van der Waals surface area contributed by atoms with Crippen molar-refractivity contribution in [3.8, 4) is 0 Å². The zero-order valence-electron chi connectivity index (χ0n) is 16.5. The fourth-order valence-corrected chi connectivity index (χ4v) is 3.63. The van der Waals surface area contributed by atoms with E-state index in [0.717, 1.165) is 24.0 Å². The molecule has 1 aliphatic rings. The standard InChI is InChI=1S/C18H25N5O3.2ClH/c1-11-9-13(16(24)23-7-5-12(6-8-23)10-19-2)20-15-14(11)17(25)22(4)18(26)21(15)3;;/h9,12,19H,5-8,10H2,1-4H3;2*1H. The number of hydrogen-bond acceptors (Lipinski definition) is 5. The normalized spacial score (nSPS) is 14.5. The number of nitrogens with one attached hydrogen (secondary N) is 1. The van der Waals surface area contributed by atoms with Crippen molar-refractivity contribution in [2.45, 2.75) is 19.8 Å². The van der Waals surface area contributed by atoms with Crippen LogP contribution in [0.4, 0.5) is 0 Å². The second kappa shape index (κ2) is 9.54. The van der Waals surface area contributed by atoms with Gasteiger partial charge in [0, 0.05) is 27.2 Å². The van der Waals surface area contributed by atoms with Crippen LogP contribution in [0.1, 0.15) is 28.9 Å². The van der Waals surface area contributed by atoms with Crippen LogP contribution in [0, 0.1) is 12.8 Å². The number of aryl methyl sites for hydroxylation is 2. The zero-order chi connectivity index (χ0) is 19.0. The number of aromatic nitrogens is 3. The molecular formula is C18H27Cl2N5O3. The number of pyridine rings is 1. The maximum Gasteiger partial charge on any atom is 0.332 e. The summed E-state index contributed by atoms with van der Waals surface area (Å²) in [7, 11) is 4.94. The minimum atomic E-state index is -0.452. The molecule has 0 bridgehead atoms. The van der Waals surface area contributed by atoms with Gasteiger partial charge in [0.2, 0.25) is 0 Å². The molecule has 1 amide bonds. The Labute approximate surface area is 175 Å². The first kappa shape index (κ1) is 24.1. The van der Waals surface area contributed by atoms with E-state index in [-0.39, 0.29) is 47.6 Å². The highest BCUT2D eigenvalue weighted by Crippen LogP contribution is 2.19. The molecule has 0 radical (unpaired) electrons. The lowest BCUT2D eigenvalue weighted by Gasteiger charge is -2.31. The molecule has 0 atom stereocenters. The highest BCUT2D eigenvalue weighted by atomic mass is 35.5. The van der Waals surface area contributed by atoms with Crippen molar-refractivity contribution in [1.82, 2.24) is 24.3 Å². The Kier molecular flexibility index (Phi) is 8.22. The summed E-state index contributed by atoms with van der Waals surface area (Å²) in [6.45, 7) is 4.12. The van der Waals surface area contributed by atoms with Crippen LogP contribution < -0.4 is 16.6 Å². The molecule has 8 nitrogen and oxygen atoms in total. The van der Waals surface area contributed by atoms with Gasteiger partial charge in [0.15, 0.2) is 0 Å². The van der Waals surface area contributed by atoms with Gasteiger partial charge in [-0.3, -0.25) is 18.7 Å². The SMILES string of the molecule is CNCC1CCN(C(=O)c2cc(C)c3c(=O)n(C)c(=O)n(C)c3n2)CC1.Cl.Cl. The van der Waals surface area contributed by atoms with E-state index in [9.17, 15) is 14.4 Å². The van der Waals surface area contributed by atoms with E-state index >= 15 is 0 Å². The molecule has 10 heteroatoms. The van der Waals surface area contributed by atoms with Crippen LogP contribution in [0.3, 0.4) is 0 Å². The van der Waals surface area contributed by atoms with Gasteiger partial charge < -0.3 is 10.2 Å². The first-order valence-corrected chi connectivity index (χ1v) is 8.86. The number of likely N-dealkylation sites (tertiary alicyclic amines) is 1. The zero-order valence-corrected chi connectivity index (χ0v) is 18.2. The summed E-state index contributed by atoms with van der Waals surface area (Å²) in [5.74, 6) is 0.435. The molecular weight excluding hydrogens is 405 g/mol. The molecule has 2 aromatic rings. The summed E-state index contributed by atoms with van der Waals surface area (Å²) in [5.41, 5.74) is 0.350. The Bertz CT molecular complexity index is 978. The smallest absolute Gasteiger partial charge is 0.332 e. The predicted molar refractivity (Wildman–Crippen MR) is 114 cm³/mol. The molecule has 3 rings (SSSR count). The van der Waals surface area contributed by atoms with Crippen molar-refractivity contribution >= 4 is 41.8 Å². The lowest BCUT2D eigenvalue weighted by atomic mass is 9.96. The highest BCUT2D eigenvalue weighted by molar-refractivity contribution is 5.95. The largest absolute Gasteiger partial charge is 0.337 e. The molecule has 2 aromatic heterocycles. The van der Waals surface area contributed by atoms with Crippen LogP contribution >= 0.6 is 24.8 Å². The maximum atomic E-state index is 12.9. The molecule has 1 saturated heterocycles. The number of amides is 1. The molecule has 1 fully saturated rings. The minimum Gasteiger partial charge on any atom is -0.337 e. The first-order chi connectivity index (χ1) is 12.3.